The van der Waals surface area contributed by atoms with Gasteiger partial charge in [0.05, 0.1) is 6.54 Å². The number of nitrogens with zero attached hydrogens (tertiary/aromatic N) is 3. The molecule has 1 N–H and O–H groups in total. The molecule has 0 bridgehead atoms. The summed E-state index contributed by atoms with van der Waals surface area (Å²) in [6.07, 6.45) is 1.71. The van der Waals surface area contributed by atoms with E-state index in [1.165, 1.54) is 0 Å². The van der Waals surface area contributed by atoms with Crippen molar-refractivity contribution in [3.63, 3.8) is 0 Å². The van der Waals surface area contributed by atoms with Gasteiger partial charge < -0.3 is 15.0 Å². The van der Waals surface area contributed by atoms with Gasteiger partial charge in [-0.15, -0.1) is 0 Å². The molecule has 0 unspecified atom stereocenters. The molecule has 1 aromatic heterocycles. The second-order valence-corrected chi connectivity index (χ2v) is 6.56. The molecule has 2 amide bonds. The highest BCUT2D eigenvalue weighted by Crippen LogP contribution is 2.18. The SMILES string of the molecule is Cc1cccc(NC(=O)N2CCC[C@@H](Oc3nc(C)cc(C)n3)C2)c1. The van der Waals surface area contributed by atoms with Crippen LogP contribution in [-0.2, 0) is 0 Å². The topological polar surface area (TPSA) is 67.4 Å². The van der Waals surface area contributed by atoms with Crippen molar-refractivity contribution in [3.8, 4) is 6.01 Å². The van der Waals surface area contributed by atoms with E-state index in [4.69, 9.17) is 4.74 Å². The van der Waals surface area contributed by atoms with Crippen LogP contribution in [-0.4, -0.2) is 40.1 Å². The lowest BCUT2D eigenvalue weighted by atomic mass is 10.1. The molecule has 6 heteroatoms. The summed E-state index contributed by atoms with van der Waals surface area (Å²) in [4.78, 5) is 22.9. The van der Waals surface area contributed by atoms with Gasteiger partial charge in [-0.2, -0.15) is 0 Å². The number of piperidine rings is 1. The van der Waals surface area contributed by atoms with E-state index in [1.807, 2.05) is 51.1 Å². The Hall–Kier alpha value is -2.63. The van der Waals surface area contributed by atoms with Crippen LogP contribution in [0.1, 0.15) is 29.8 Å². The van der Waals surface area contributed by atoms with Gasteiger partial charge >= 0.3 is 12.0 Å². The third-order valence-corrected chi connectivity index (χ3v) is 4.17. The van der Waals surface area contributed by atoms with Gasteiger partial charge in [0, 0.05) is 23.6 Å². The van der Waals surface area contributed by atoms with Crippen LogP contribution in [0.15, 0.2) is 30.3 Å². The van der Waals surface area contributed by atoms with Crippen LogP contribution in [0, 0.1) is 20.8 Å². The van der Waals surface area contributed by atoms with Crippen molar-refractivity contribution in [2.75, 3.05) is 18.4 Å². The fourth-order valence-corrected chi connectivity index (χ4v) is 3.04. The summed E-state index contributed by atoms with van der Waals surface area (Å²) >= 11 is 0. The van der Waals surface area contributed by atoms with Crippen molar-refractivity contribution >= 4 is 11.7 Å². The highest BCUT2D eigenvalue weighted by Gasteiger charge is 2.25. The van der Waals surface area contributed by atoms with Crippen molar-refractivity contribution < 1.29 is 9.53 Å². The van der Waals surface area contributed by atoms with E-state index in [-0.39, 0.29) is 12.1 Å². The van der Waals surface area contributed by atoms with Crippen LogP contribution in [0.25, 0.3) is 0 Å². The van der Waals surface area contributed by atoms with E-state index in [2.05, 4.69) is 15.3 Å². The van der Waals surface area contributed by atoms with E-state index in [0.717, 1.165) is 42.0 Å². The average Bonchev–Trinajstić information content (AvgIpc) is 2.54. The third kappa shape index (κ3) is 4.68. The van der Waals surface area contributed by atoms with Gasteiger partial charge in [-0.05, 0) is 57.4 Å². The number of urea groups is 1. The van der Waals surface area contributed by atoms with Crippen LogP contribution in [0.3, 0.4) is 0 Å². The molecule has 6 nitrogen and oxygen atoms in total. The Morgan fingerprint density at radius 2 is 1.96 bits per heavy atom. The van der Waals surface area contributed by atoms with E-state index >= 15 is 0 Å². The minimum absolute atomic E-state index is 0.0850. The van der Waals surface area contributed by atoms with E-state index < -0.39 is 0 Å². The molecule has 1 atom stereocenters. The zero-order valence-corrected chi connectivity index (χ0v) is 15.0. The molecule has 25 heavy (non-hydrogen) atoms. The minimum Gasteiger partial charge on any atom is -0.458 e. The summed E-state index contributed by atoms with van der Waals surface area (Å²) in [6.45, 7) is 7.11. The van der Waals surface area contributed by atoms with E-state index in [9.17, 15) is 4.79 Å². The van der Waals surface area contributed by atoms with Gasteiger partial charge in [0.15, 0.2) is 0 Å². The standard InChI is InChI=1S/C19H24N4O2/c1-13-6-4-7-16(10-13)22-19(24)23-9-5-8-17(12-23)25-18-20-14(2)11-15(3)21-18/h4,6-7,10-11,17H,5,8-9,12H2,1-3H3,(H,22,24)/t17-/m1/s1. The normalized spacial score (nSPS) is 17.2. The van der Waals surface area contributed by atoms with E-state index in [0.29, 0.717) is 12.6 Å². The minimum atomic E-state index is -0.0970. The molecular weight excluding hydrogens is 316 g/mol. The summed E-state index contributed by atoms with van der Waals surface area (Å²) in [5.74, 6) is 0. The second kappa shape index (κ2) is 7.51. The molecule has 1 fully saturated rings. The number of hydrogen-bond acceptors (Lipinski definition) is 4. The maximum Gasteiger partial charge on any atom is 0.321 e. The van der Waals surface area contributed by atoms with Gasteiger partial charge in [-0.3, -0.25) is 0 Å². The molecular formula is C19H24N4O2. The van der Waals surface area contributed by atoms with Gasteiger partial charge in [0.1, 0.15) is 6.10 Å². The van der Waals surface area contributed by atoms with Gasteiger partial charge in [0.2, 0.25) is 0 Å². The molecule has 1 saturated heterocycles. The second-order valence-electron chi connectivity index (χ2n) is 6.56. The van der Waals surface area contributed by atoms with Crippen molar-refractivity contribution in [2.24, 2.45) is 0 Å². The lowest BCUT2D eigenvalue weighted by Gasteiger charge is -2.32. The lowest BCUT2D eigenvalue weighted by Crippen LogP contribution is -2.46. The smallest absolute Gasteiger partial charge is 0.321 e. The van der Waals surface area contributed by atoms with Crippen molar-refractivity contribution in [1.82, 2.24) is 14.9 Å². The number of benzene rings is 1. The van der Waals surface area contributed by atoms with Crippen LogP contribution in [0.4, 0.5) is 10.5 Å². The molecule has 132 valence electrons. The van der Waals surface area contributed by atoms with E-state index in [1.54, 1.807) is 4.90 Å². The zero-order valence-electron chi connectivity index (χ0n) is 15.0. The Morgan fingerprint density at radius 1 is 1.20 bits per heavy atom. The third-order valence-electron chi connectivity index (χ3n) is 4.17. The highest BCUT2D eigenvalue weighted by molar-refractivity contribution is 5.89. The van der Waals surface area contributed by atoms with Crippen molar-refractivity contribution in [2.45, 2.75) is 39.7 Å². The number of carbonyl (C=O) groups excluding carboxylic acids is 1. The molecule has 3 rings (SSSR count). The lowest BCUT2D eigenvalue weighted by molar-refractivity contribution is 0.0980. The molecule has 1 aliphatic rings. The van der Waals surface area contributed by atoms with Crippen molar-refractivity contribution in [3.05, 3.63) is 47.3 Å². The Morgan fingerprint density at radius 3 is 2.68 bits per heavy atom. The largest absolute Gasteiger partial charge is 0.458 e. The van der Waals surface area contributed by atoms with Gasteiger partial charge in [-0.25, -0.2) is 14.8 Å². The number of nitrogens with one attached hydrogen (secondary N) is 1. The van der Waals surface area contributed by atoms with Crippen molar-refractivity contribution in [1.29, 1.82) is 0 Å². The first kappa shape index (κ1) is 17.2. The summed E-state index contributed by atoms with van der Waals surface area (Å²) in [7, 11) is 0. The fraction of sp³-hybridized carbons (Fsp3) is 0.421. The number of rotatable bonds is 3. The van der Waals surface area contributed by atoms with Gasteiger partial charge in [-0.1, -0.05) is 12.1 Å². The number of carbonyl (C=O) groups is 1. The first-order valence-corrected chi connectivity index (χ1v) is 8.61. The van der Waals surface area contributed by atoms with Crippen LogP contribution in [0.5, 0.6) is 6.01 Å². The van der Waals surface area contributed by atoms with Crippen LogP contribution < -0.4 is 10.1 Å². The summed E-state index contributed by atoms with van der Waals surface area (Å²) in [6, 6.07) is 10.00. The number of ether oxygens (including phenoxy) is 1. The predicted octanol–water partition coefficient (Wildman–Crippen LogP) is 3.48. The Kier molecular flexibility index (Phi) is 5.16. The number of likely N-dealkylation sites (tertiary alicyclic amines) is 1. The first-order valence-electron chi connectivity index (χ1n) is 8.61. The Balaban J connectivity index is 1.61. The maximum atomic E-state index is 12.5. The predicted molar refractivity (Wildman–Crippen MR) is 96.9 cm³/mol. The number of aromatic nitrogens is 2. The number of hydrogen-bond donors (Lipinski definition) is 1. The average molecular weight is 340 g/mol. The molecule has 0 spiro atoms. The molecule has 1 aromatic carbocycles. The summed E-state index contributed by atoms with van der Waals surface area (Å²) in [5, 5.41) is 2.96. The maximum absolute atomic E-state index is 12.5. The molecule has 1 aliphatic heterocycles. The van der Waals surface area contributed by atoms with Crippen LogP contribution >= 0.6 is 0 Å². The molecule has 0 aliphatic carbocycles. The Bertz CT molecular complexity index is 743. The Labute approximate surface area is 148 Å². The van der Waals surface area contributed by atoms with Crippen LogP contribution in [0.2, 0.25) is 0 Å². The number of aryl methyl sites for hydroxylation is 3. The number of anilines is 1. The fourth-order valence-electron chi connectivity index (χ4n) is 3.04. The molecule has 2 heterocycles. The highest BCUT2D eigenvalue weighted by atomic mass is 16.5. The first-order chi connectivity index (χ1) is 12.0. The number of amides is 2. The quantitative estimate of drug-likeness (QED) is 0.929. The molecule has 0 radical (unpaired) electrons. The van der Waals surface area contributed by atoms with Gasteiger partial charge in [0.25, 0.3) is 0 Å². The monoisotopic (exact) mass is 340 g/mol. The molecule has 2 aromatic rings. The molecule has 0 saturated carbocycles. The summed E-state index contributed by atoms with van der Waals surface area (Å²) in [5.41, 5.74) is 3.69. The zero-order chi connectivity index (χ0) is 17.8. The summed E-state index contributed by atoms with van der Waals surface area (Å²) < 4.78 is 5.92.